The fraction of sp³-hybridized carbons (Fsp3) is 0.250. The second-order valence-corrected chi connectivity index (χ2v) is 4.71. The van der Waals surface area contributed by atoms with Crippen LogP contribution in [0.1, 0.15) is 35.8 Å². The fourth-order valence-corrected chi connectivity index (χ4v) is 2.12. The van der Waals surface area contributed by atoms with Gasteiger partial charge in [-0.25, -0.2) is 0 Å². The van der Waals surface area contributed by atoms with E-state index in [1.165, 1.54) is 0 Å². The third kappa shape index (κ3) is 2.65. The maximum absolute atomic E-state index is 12.5. The van der Waals surface area contributed by atoms with Crippen LogP contribution in [0.4, 0.5) is 0 Å². The van der Waals surface area contributed by atoms with E-state index in [1.807, 2.05) is 48.5 Å². The Morgan fingerprint density at radius 3 is 2.22 bits per heavy atom. The second kappa shape index (κ2) is 5.58. The topological polar surface area (TPSA) is 30.0 Å². The molecule has 0 aliphatic carbocycles. The molecule has 92 valence electrons. The maximum Gasteiger partial charge on any atom is 0.172 e. The number of rotatable bonds is 4. The Bertz CT molecular complexity index is 505. The number of nitrogens with zero attached hydrogens (tertiary/aromatic N) is 1. The summed E-state index contributed by atoms with van der Waals surface area (Å²) in [6, 6.07) is 15.1. The Labute approximate surface area is 108 Å². The standard InChI is InChI=1S/C16H17NO/c1-12(2)15(14-10-6-7-11-17-14)16(18)13-8-4-3-5-9-13/h3-12,15H,1-2H3/t15-/m1/s1. The number of ketones is 1. The third-order valence-corrected chi connectivity index (χ3v) is 3.01. The monoisotopic (exact) mass is 239 g/mol. The van der Waals surface area contributed by atoms with Crippen molar-refractivity contribution >= 4 is 5.78 Å². The zero-order valence-corrected chi connectivity index (χ0v) is 10.7. The molecular formula is C16H17NO. The number of pyridine rings is 1. The van der Waals surface area contributed by atoms with Gasteiger partial charge < -0.3 is 0 Å². The molecule has 0 saturated heterocycles. The van der Waals surface area contributed by atoms with Crippen molar-refractivity contribution in [2.24, 2.45) is 5.92 Å². The van der Waals surface area contributed by atoms with Gasteiger partial charge in [-0.05, 0) is 18.1 Å². The highest BCUT2D eigenvalue weighted by molar-refractivity contribution is 6.00. The third-order valence-electron chi connectivity index (χ3n) is 3.01. The van der Waals surface area contributed by atoms with Gasteiger partial charge in [-0.3, -0.25) is 9.78 Å². The number of Topliss-reactive ketones (excluding diaryl/α,β-unsaturated/α-hetero) is 1. The van der Waals surface area contributed by atoms with Crippen LogP contribution in [0, 0.1) is 5.92 Å². The molecule has 0 N–H and O–H groups in total. The number of carbonyl (C=O) groups excluding carboxylic acids is 1. The lowest BCUT2D eigenvalue weighted by Crippen LogP contribution is -2.19. The number of aromatic nitrogens is 1. The van der Waals surface area contributed by atoms with Crippen LogP contribution in [0.15, 0.2) is 54.7 Å². The summed E-state index contributed by atoms with van der Waals surface area (Å²) in [6.45, 7) is 4.11. The molecule has 0 aliphatic heterocycles. The van der Waals surface area contributed by atoms with Crippen molar-refractivity contribution in [3.8, 4) is 0 Å². The lowest BCUT2D eigenvalue weighted by molar-refractivity contribution is 0.0936. The first-order chi connectivity index (χ1) is 8.70. The minimum atomic E-state index is -0.173. The van der Waals surface area contributed by atoms with Gasteiger partial charge in [-0.1, -0.05) is 50.2 Å². The summed E-state index contributed by atoms with van der Waals surface area (Å²) >= 11 is 0. The maximum atomic E-state index is 12.5. The van der Waals surface area contributed by atoms with Gasteiger partial charge in [0.25, 0.3) is 0 Å². The van der Waals surface area contributed by atoms with Gasteiger partial charge in [-0.15, -0.1) is 0 Å². The summed E-state index contributed by atoms with van der Waals surface area (Å²) in [7, 11) is 0. The molecule has 0 saturated carbocycles. The van der Waals surface area contributed by atoms with Crippen molar-refractivity contribution < 1.29 is 4.79 Å². The molecule has 0 aliphatic rings. The molecule has 0 bridgehead atoms. The summed E-state index contributed by atoms with van der Waals surface area (Å²) < 4.78 is 0. The Balaban J connectivity index is 2.35. The van der Waals surface area contributed by atoms with Crippen molar-refractivity contribution in [1.82, 2.24) is 4.98 Å². The van der Waals surface area contributed by atoms with Crippen LogP contribution in [0.2, 0.25) is 0 Å². The second-order valence-electron chi connectivity index (χ2n) is 4.71. The van der Waals surface area contributed by atoms with E-state index >= 15 is 0 Å². The first-order valence-corrected chi connectivity index (χ1v) is 6.20. The minimum Gasteiger partial charge on any atom is -0.293 e. The molecule has 2 aromatic rings. The zero-order chi connectivity index (χ0) is 13.0. The summed E-state index contributed by atoms with van der Waals surface area (Å²) in [5, 5.41) is 0. The minimum absolute atomic E-state index is 0.143. The first kappa shape index (κ1) is 12.5. The van der Waals surface area contributed by atoms with E-state index in [9.17, 15) is 4.79 Å². The average Bonchev–Trinajstić information content (AvgIpc) is 2.40. The van der Waals surface area contributed by atoms with Crippen molar-refractivity contribution in [3.05, 3.63) is 66.0 Å². The molecule has 1 atom stereocenters. The molecular weight excluding hydrogens is 222 g/mol. The van der Waals surface area contributed by atoms with Crippen LogP contribution in [0.3, 0.4) is 0 Å². The van der Waals surface area contributed by atoms with Crippen LogP contribution in [0.5, 0.6) is 0 Å². The number of benzene rings is 1. The molecule has 2 heteroatoms. The average molecular weight is 239 g/mol. The molecule has 18 heavy (non-hydrogen) atoms. The van der Waals surface area contributed by atoms with Crippen LogP contribution in [-0.2, 0) is 0 Å². The SMILES string of the molecule is CC(C)[C@@H](C(=O)c1ccccc1)c1ccccn1. The van der Waals surface area contributed by atoms with Gasteiger partial charge in [0.15, 0.2) is 5.78 Å². The fourth-order valence-electron chi connectivity index (χ4n) is 2.12. The highest BCUT2D eigenvalue weighted by Crippen LogP contribution is 2.26. The molecule has 2 rings (SSSR count). The molecule has 0 amide bonds. The van der Waals surface area contributed by atoms with E-state index in [0.29, 0.717) is 0 Å². The van der Waals surface area contributed by atoms with E-state index in [0.717, 1.165) is 11.3 Å². The van der Waals surface area contributed by atoms with Gasteiger partial charge in [0.05, 0.1) is 11.6 Å². The van der Waals surface area contributed by atoms with Gasteiger partial charge in [0, 0.05) is 11.8 Å². The Morgan fingerprint density at radius 1 is 1.00 bits per heavy atom. The van der Waals surface area contributed by atoms with Crippen LogP contribution in [-0.4, -0.2) is 10.8 Å². The van der Waals surface area contributed by atoms with Crippen LogP contribution in [0.25, 0.3) is 0 Å². The van der Waals surface area contributed by atoms with Crippen molar-refractivity contribution in [2.45, 2.75) is 19.8 Å². The van der Waals surface area contributed by atoms with Crippen molar-refractivity contribution in [3.63, 3.8) is 0 Å². The molecule has 0 fully saturated rings. The molecule has 2 nitrogen and oxygen atoms in total. The predicted molar refractivity (Wildman–Crippen MR) is 72.6 cm³/mol. The lowest BCUT2D eigenvalue weighted by Gasteiger charge is -2.19. The molecule has 0 radical (unpaired) electrons. The smallest absolute Gasteiger partial charge is 0.172 e. The lowest BCUT2D eigenvalue weighted by atomic mass is 9.85. The Hall–Kier alpha value is -1.96. The van der Waals surface area contributed by atoms with Gasteiger partial charge in [-0.2, -0.15) is 0 Å². The molecule has 1 aromatic carbocycles. The summed E-state index contributed by atoms with van der Waals surface area (Å²) in [6.07, 6.45) is 1.74. The summed E-state index contributed by atoms with van der Waals surface area (Å²) in [5.41, 5.74) is 1.60. The Kier molecular flexibility index (Phi) is 3.88. The predicted octanol–water partition coefficient (Wildman–Crippen LogP) is 3.70. The van der Waals surface area contributed by atoms with Gasteiger partial charge >= 0.3 is 0 Å². The normalized spacial score (nSPS) is 12.4. The summed E-state index contributed by atoms with van der Waals surface area (Å²) in [4.78, 5) is 16.9. The van der Waals surface area contributed by atoms with E-state index in [-0.39, 0.29) is 17.6 Å². The molecule has 1 aromatic heterocycles. The van der Waals surface area contributed by atoms with Crippen LogP contribution < -0.4 is 0 Å². The van der Waals surface area contributed by atoms with E-state index in [2.05, 4.69) is 18.8 Å². The quantitative estimate of drug-likeness (QED) is 0.761. The van der Waals surface area contributed by atoms with Crippen molar-refractivity contribution in [1.29, 1.82) is 0 Å². The number of carbonyl (C=O) groups is 1. The van der Waals surface area contributed by atoms with Gasteiger partial charge in [0.1, 0.15) is 0 Å². The summed E-state index contributed by atoms with van der Waals surface area (Å²) in [5.74, 6) is 0.200. The molecule has 0 spiro atoms. The highest BCUT2D eigenvalue weighted by Gasteiger charge is 2.25. The molecule has 0 unspecified atom stereocenters. The highest BCUT2D eigenvalue weighted by atomic mass is 16.1. The zero-order valence-electron chi connectivity index (χ0n) is 10.7. The number of hydrogen-bond donors (Lipinski definition) is 0. The van der Waals surface area contributed by atoms with Crippen molar-refractivity contribution in [2.75, 3.05) is 0 Å². The largest absolute Gasteiger partial charge is 0.293 e. The Morgan fingerprint density at radius 2 is 1.67 bits per heavy atom. The van der Waals surface area contributed by atoms with E-state index < -0.39 is 0 Å². The van der Waals surface area contributed by atoms with Gasteiger partial charge in [0.2, 0.25) is 0 Å². The van der Waals surface area contributed by atoms with E-state index in [4.69, 9.17) is 0 Å². The molecule has 1 heterocycles. The number of hydrogen-bond acceptors (Lipinski definition) is 2. The van der Waals surface area contributed by atoms with Crippen LogP contribution >= 0.6 is 0 Å². The van der Waals surface area contributed by atoms with E-state index in [1.54, 1.807) is 6.20 Å². The first-order valence-electron chi connectivity index (χ1n) is 6.20.